The first kappa shape index (κ1) is 17.6. The van der Waals surface area contributed by atoms with E-state index in [1.165, 1.54) is 4.90 Å². The molecule has 0 unspecified atom stereocenters. The number of likely N-dealkylation sites (N-methyl/N-ethyl adjacent to an activating group) is 1. The maximum absolute atomic E-state index is 12.3. The SMILES string of the molecule is C[C@@H](NC(=O)N1CCO[C@H](c2ccc(Cl)cc2)C1)C(=O)N(C)C. The average molecular weight is 340 g/mol. The number of amides is 3. The number of ether oxygens (including phenoxy) is 1. The molecule has 0 spiro atoms. The molecular weight excluding hydrogens is 318 g/mol. The smallest absolute Gasteiger partial charge is 0.318 e. The van der Waals surface area contributed by atoms with E-state index in [2.05, 4.69) is 5.32 Å². The minimum atomic E-state index is -0.561. The highest BCUT2D eigenvalue weighted by atomic mass is 35.5. The Labute approximate surface area is 141 Å². The number of rotatable bonds is 3. The number of hydrogen-bond donors (Lipinski definition) is 1. The van der Waals surface area contributed by atoms with E-state index in [-0.39, 0.29) is 18.0 Å². The van der Waals surface area contributed by atoms with Gasteiger partial charge in [0, 0.05) is 25.7 Å². The van der Waals surface area contributed by atoms with E-state index in [0.29, 0.717) is 24.7 Å². The molecular formula is C16H22ClN3O3. The minimum absolute atomic E-state index is 0.138. The molecule has 2 rings (SSSR count). The Balaban J connectivity index is 1.96. The van der Waals surface area contributed by atoms with Crippen LogP contribution in [0.25, 0.3) is 0 Å². The number of nitrogens with zero attached hydrogens (tertiary/aromatic N) is 2. The van der Waals surface area contributed by atoms with Gasteiger partial charge in [0.15, 0.2) is 0 Å². The van der Waals surface area contributed by atoms with Gasteiger partial charge in [0.05, 0.1) is 13.2 Å². The lowest BCUT2D eigenvalue weighted by Gasteiger charge is -2.34. The van der Waals surface area contributed by atoms with E-state index >= 15 is 0 Å². The highest BCUT2D eigenvalue weighted by Gasteiger charge is 2.27. The molecule has 1 aromatic carbocycles. The summed E-state index contributed by atoms with van der Waals surface area (Å²) in [6.45, 7) is 3.07. The van der Waals surface area contributed by atoms with Crippen molar-refractivity contribution in [3.05, 3.63) is 34.9 Å². The lowest BCUT2D eigenvalue weighted by atomic mass is 10.1. The van der Waals surface area contributed by atoms with Crippen LogP contribution in [0.2, 0.25) is 5.02 Å². The first-order chi connectivity index (χ1) is 10.9. The van der Waals surface area contributed by atoms with Crippen molar-refractivity contribution in [1.29, 1.82) is 0 Å². The Morgan fingerprint density at radius 1 is 1.35 bits per heavy atom. The van der Waals surface area contributed by atoms with Crippen LogP contribution in [0.4, 0.5) is 4.79 Å². The summed E-state index contributed by atoms with van der Waals surface area (Å²) in [5.74, 6) is -0.138. The Bertz CT molecular complexity index is 562. The van der Waals surface area contributed by atoms with Crippen LogP contribution in [-0.4, -0.2) is 61.6 Å². The fraction of sp³-hybridized carbons (Fsp3) is 0.500. The van der Waals surface area contributed by atoms with Gasteiger partial charge in [-0.3, -0.25) is 4.79 Å². The maximum Gasteiger partial charge on any atom is 0.318 e. The van der Waals surface area contributed by atoms with Gasteiger partial charge in [-0.2, -0.15) is 0 Å². The van der Waals surface area contributed by atoms with Crippen molar-refractivity contribution >= 4 is 23.5 Å². The molecule has 0 aromatic heterocycles. The number of morpholine rings is 1. The van der Waals surface area contributed by atoms with Gasteiger partial charge in [0.1, 0.15) is 12.1 Å². The first-order valence-corrected chi connectivity index (χ1v) is 7.90. The molecule has 1 fully saturated rings. The summed E-state index contributed by atoms with van der Waals surface area (Å²) < 4.78 is 5.74. The van der Waals surface area contributed by atoms with E-state index in [0.717, 1.165) is 5.56 Å². The number of carbonyl (C=O) groups excluding carboxylic acids is 2. The van der Waals surface area contributed by atoms with Crippen LogP contribution in [0.1, 0.15) is 18.6 Å². The molecule has 1 heterocycles. The second-order valence-electron chi connectivity index (χ2n) is 5.76. The fourth-order valence-electron chi connectivity index (χ4n) is 2.44. The van der Waals surface area contributed by atoms with Gasteiger partial charge in [-0.25, -0.2) is 4.79 Å². The van der Waals surface area contributed by atoms with Crippen LogP contribution >= 0.6 is 11.6 Å². The minimum Gasteiger partial charge on any atom is -0.370 e. The van der Waals surface area contributed by atoms with Crippen LogP contribution in [-0.2, 0) is 9.53 Å². The average Bonchev–Trinajstić information content (AvgIpc) is 2.54. The second kappa shape index (κ2) is 7.66. The molecule has 23 heavy (non-hydrogen) atoms. The Morgan fingerprint density at radius 2 is 2.00 bits per heavy atom. The molecule has 2 atom stereocenters. The molecule has 6 nitrogen and oxygen atoms in total. The zero-order chi connectivity index (χ0) is 17.0. The predicted octanol–water partition coefficient (Wildman–Crippen LogP) is 1.90. The Hall–Kier alpha value is -1.79. The van der Waals surface area contributed by atoms with Gasteiger partial charge >= 0.3 is 6.03 Å². The third-order valence-corrected chi connectivity index (χ3v) is 4.00. The molecule has 1 aliphatic rings. The van der Waals surface area contributed by atoms with Crippen molar-refractivity contribution in [2.24, 2.45) is 0 Å². The Kier molecular flexibility index (Phi) is 5.85. The summed E-state index contributed by atoms with van der Waals surface area (Å²) in [4.78, 5) is 27.3. The standard InChI is InChI=1S/C16H22ClN3O3/c1-11(15(21)19(2)3)18-16(22)20-8-9-23-14(10-20)12-4-6-13(17)7-5-12/h4-7,11,14H,8-10H2,1-3H3,(H,18,22)/t11-,14+/m1/s1. The summed E-state index contributed by atoms with van der Waals surface area (Å²) in [7, 11) is 3.33. The number of benzene rings is 1. The molecule has 0 bridgehead atoms. The normalized spacial score (nSPS) is 19.1. The molecule has 0 saturated carbocycles. The number of carbonyl (C=O) groups is 2. The van der Waals surface area contributed by atoms with Crippen molar-refractivity contribution in [1.82, 2.24) is 15.1 Å². The number of halogens is 1. The molecule has 3 amide bonds. The van der Waals surface area contributed by atoms with Crippen molar-refractivity contribution in [3.8, 4) is 0 Å². The molecule has 1 aromatic rings. The van der Waals surface area contributed by atoms with E-state index in [4.69, 9.17) is 16.3 Å². The molecule has 126 valence electrons. The third kappa shape index (κ3) is 4.59. The van der Waals surface area contributed by atoms with Gasteiger partial charge in [-0.1, -0.05) is 23.7 Å². The highest BCUT2D eigenvalue weighted by molar-refractivity contribution is 6.30. The number of urea groups is 1. The van der Waals surface area contributed by atoms with Gasteiger partial charge in [-0.15, -0.1) is 0 Å². The van der Waals surface area contributed by atoms with E-state index in [1.54, 1.807) is 38.1 Å². The second-order valence-corrected chi connectivity index (χ2v) is 6.20. The summed E-state index contributed by atoms with van der Waals surface area (Å²) in [6, 6.07) is 6.58. The fourth-order valence-corrected chi connectivity index (χ4v) is 2.56. The van der Waals surface area contributed by atoms with E-state index in [1.807, 2.05) is 12.1 Å². The van der Waals surface area contributed by atoms with E-state index in [9.17, 15) is 9.59 Å². The van der Waals surface area contributed by atoms with Crippen molar-refractivity contribution < 1.29 is 14.3 Å². The lowest BCUT2D eigenvalue weighted by molar-refractivity contribution is -0.130. The third-order valence-electron chi connectivity index (χ3n) is 3.75. The molecule has 0 aliphatic carbocycles. The monoisotopic (exact) mass is 339 g/mol. The maximum atomic E-state index is 12.3. The number of hydrogen-bond acceptors (Lipinski definition) is 3. The Morgan fingerprint density at radius 3 is 2.61 bits per heavy atom. The largest absolute Gasteiger partial charge is 0.370 e. The predicted molar refractivity (Wildman–Crippen MR) is 88.4 cm³/mol. The summed E-state index contributed by atoms with van der Waals surface area (Å²) in [6.07, 6.45) is -0.188. The zero-order valence-electron chi connectivity index (χ0n) is 13.6. The van der Waals surface area contributed by atoms with E-state index < -0.39 is 6.04 Å². The summed E-state index contributed by atoms with van der Waals surface area (Å²) >= 11 is 5.89. The van der Waals surface area contributed by atoms with Crippen molar-refractivity contribution in [2.75, 3.05) is 33.8 Å². The van der Waals surface area contributed by atoms with Gasteiger partial charge in [0.25, 0.3) is 0 Å². The zero-order valence-corrected chi connectivity index (χ0v) is 14.3. The molecule has 1 aliphatic heterocycles. The van der Waals surface area contributed by atoms with Crippen LogP contribution in [0.5, 0.6) is 0 Å². The molecule has 1 saturated heterocycles. The highest BCUT2D eigenvalue weighted by Crippen LogP contribution is 2.23. The molecule has 1 N–H and O–H groups in total. The summed E-state index contributed by atoms with van der Waals surface area (Å²) in [5, 5.41) is 3.39. The first-order valence-electron chi connectivity index (χ1n) is 7.52. The van der Waals surface area contributed by atoms with Crippen LogP contribution in [0.3, 0.4) is 0 Å². The quantitative estimate of drug-likeness (QED) is 0.915. The topological polar surface area (TPSA) is 61.9 Å². The lowest BCUT2D eigenvalue weighted by Crippen LogP contribution is -2.52. The number of nitrogens with one attached hydrogen (secondary N) is 1. The van der Waals surface area contributed by atoms with Crippen LogP contribution in [0.15, 0.2) is 24.3 Å². The summed E-state index contributed by atoms with van der Waals surface area (Å²) in [5.41, 5.74) is 0.976. The van der Waals surface area contributed by atoms with Gasteiger partial charge in [-0.05, 0) is 24.6 Å². The van der Waals surface area contributed by atoms with Crippen LogP contribution in [0, 0.1) is 0 Å². The van der Waals surface area contributed by atoms with Gasteiger partial charge in [0.2, 0.25) is 5.91 Å². The molecule has 0 radical (unpaired) electrons. The van der Waals surface area contributed by atoms with Crippen molar-refractivity contribution in [3.63, 3.8) is 0 Å². The molecule has 7 heteroatoms. The van der Waals surface area contributed by atoms with Crippen molar-refractivity contribution in [2.45, 2.75) is 19.1 Å². The van der Waals surface area contributed by atoms with Gasteiger partial charge < -0.3 is 19.9 Å². The van der Waals surface area contributed by atoms with Crippen LogP contribution < -0.4 is 5.32 Å².